The molecule has 160 valence electrons. The molecule has 0 radical (unpaired) electrons. The number of methoxy groups -OCH3 is 2. The molecule has 0 fully saturated rings. The molecule has 0 aromatic heterocycles. The number of rotatable bonds is 8. The normalized spacial score (nSPS) is 13.5. The van der Waals surface area contributed by atoms with Gasteiger partial charge in [0.15, 0.2) is 0 Å². The van der Waals surface area contributed by atoms with Crippen LogP contribution in [0.5, 0.6) is 0 Å². The number of benzene rings is 2. The summed E-state index contributed by atoms with van der Waals surface area (Å²) >= 11 is 0. The summed E-state index contributed by atoms with van der Waals surface area (Å²) in [6.07, 6.45) is -0.312. The Morgan fingerprint density at radius 3 is 1.90 bits per heavy atom. The molecule has 0 heterocycles. The highest BCUT2D eigenvalue weighted by molar-refractivity contribution is 5.88. The van der Waals surface area contributed by atoms with E-state index in [4.69, 9.17) is 9.47 Å². The molecule has 2 aromatic rings. The molecule has 7 heteroatoms. The molecule has 1 unspecified atom stereocenters. The first kappa shape index (κ1) is 22.9. The molecule has 0 aliphatic heterocycles. The fraction of sp³-hybridized carbons (Fsp3) is 0.348. The van der Waals surface area contributed by atoms with Crippen molar-refractivity contribution < 1.29 is 23.9 Å². The summed E-state index contributed by atoms with van der Waals surface area (Å²) in [5, 5.41) is 2.92. The van der Waals surface area contributed by atoms with Gasteiger partial charge in [-0.2, -0.15) is 0 Å². The van der Waals surface area contributed by atoms with Crippen LogP contribution < -0.4 is 5.32 Å². The lowest BCUT2D eigenvalue weighted by molar-refractivity contribution is -0.153. The van der Waals surface area contributed by atoms with Gasteiger partial charge < -0.3 is 19.7 Å². The molecule has 0 aliphatic rings. The molecule has 2 aromatic carbocycles. The maximum absolute atomic E-state index is 13.3. The third kappa shape index (κ3) is 5.83. The molecule has 7 nitrogen and oxygen atoms in total. The lowest BCUT2D eigenvalue weighted by Gasteiger charge is -2.35. The minimum absolute atomic E-state index is 0.305. The minimum atomic E-state index is -1.14. The quantitative estimate of drug-likeness (QED) is 0.670. The Morgan fingerprint density at radius 1 is 0.867 bits per heavy atom. The second kappa shape index (κ2) is 11.0. The van der Waals surface area contributed by atoms with E-state index >= 15 is 0 Å². The van der Waals surface area contributed by atoms with E-state index in [1.807, 2.05) is 67.6 Å². The number of amides is 2. The minimum Gasteiger partial charge on any atom is -0.469 e. The number of nitrogens with zero attached hydrogens (tertiary/aromatic N) is 1. The molecule has 0 saturated carbocycles. The average molecular weight is 412 g/mol. The van der Waals surface area contributed by atoms with Crippen molar-refractivity contribution in [1.29, 1.82) is 0 Å². The molecule has 0 aliphatic carbocycles. The highest BCUT2D eigenvalue weighted by Crippen LogP contribution is 2.26. The van der Waals surface area contributed by atoms with Gasteiger partial charge in [0, 0.05) is 0 Å². The van der Waals surface area contributed by atoms with E-state index in [0.29, 0.717) is 0 Å². The van der Waals surface area contributed by atoms with Crippen molar-refractivity contribution in [3.63, 3.8) is 0 Å². The van der Waals surface area contributed by atoms with Crippen LogP contribution in [0.25, 0.3) is 0 Å². The Labute approximate surface area is 177 Å². The van der Waals surface area contributed by atoms with E-state index in [1.54, 1.807) is 6.92 Å². The molecular formula is C23H28N2O5. The van der Waals surface area contributed by atoms with E-state index in [1.165, 1.54) is 19.1 Å². The first-order valence-corrected chi connectivity index (χ1v) is 9.72. The van der Waals surface area contributed by atoms with E-state index in [9.17, 15) is 14.4 Å². The van der Waals surface area contributed by atoms with Gasteiger partial charge in [0.25, 0.3) is 0 Å². The molecule has 30 heavy (non-hydrogen) atoms. The predicted molar refractivity (Wildman–Crippen MR) is 113 cm³/mol. The molecule has 2 rings (SSSR count). The summed E-state index contributed by atoms with van der Waals surface area (Å²) in [7, 11) is 2.46. The molecule has 0 spiro atoms. The Hall–Kier alpha value is -3.35. The molecule has 1 N–H and O–H groups in total. The summed E-state index contributed by atoms with van der Waals surface area (Å²) in [5.74, 6) is -1.30. The van der Waals surface area contributed by atoms with E-state index in [0.717, 1.165) is 11.1 Å². The van der Waals surface area contributed by atoms with Gasteiger partial charge in [-0.25, -0.2) is 9.59 Å². The smallest absolute Gasteiger partial charge is 0.329 e. The lowest BCUT2D eigenvalue weighted by atomic mass is 10.0. The first-order valence-electron chi connectivity index (χ1n) is 9.72. The molecular weight excluding hydrogens is 384 g/mol. The molecule has 0 saturated heterocycles. The monoisotopic (exact) mass is 412 g/mol. The van der Waals surface area contributed by atoms with Gasteiger partial charge >= 0.3 is 18.0 Å². The molecule has 0 bridgehead atoms. The van der Waals surface area contributed by atoms with Crippen molar-refractivity contribution >= 4 is 18.0 Å². The summed E-state index contributed by atoms with van der Waals surface area (Å²) in [4.78, 5) is 39.2. The van der Waals surface area contributed by atoms with Gasteiger partial charge in [0.05, 0.1) is 32.7 Å². The molecule has 2 amide bonds. The fourth-order valence-corrected chi connectivity index (χ4v) is 3.24. The van der Waals surface area contributed by atoms with Crippen LogP contribution in [0.3, 0.4) is 0 Å². The van der Waals surface area contributed by atoms with Gasteiger partial charge in [0.1, 0.15) is 6.04 Å². The van der Waals surface area contributed by atoms with Crippen LogP contribution in [0.2, 0.25) is 0 Å². The van der Waals surface area contributed by atoms with E-state index < -0.39 is 30.1 Å². The zero-order valence-corrected chi connectivity index (χ0v) is 17.7. The molecule has 3 atom stereocenters. The van der Waals surface area contributed by atoms with Crippen LogP contribution in [0.1, 0.15) is 43.5 Å². The Morgan fingerprint density at radius 2 is 1.40 bits per heavy atom. The van der Waals surface area contributed by atoms with E-state index in [2.05, 4.69) is 5.32 Å². The number of carbonyl (C=O) groups excluding carboxylic acids is 3. The number of esters is 2. The fourth-order valence-electron chi connectivity index (χ4n) is 3.24. The summed E-state index contributed by atoms with van der Waals surface area (Å²) in [5.41, 5.74) is 1.74. The number of hydrogen-bond donors (Lipinski definition) is 1. The second-order valence-electron chi connectivity index (χ2n) is 6.90. The second-order valence-corrected chi connectivity index (χ2v) is 6.90. The number of hydrogen-bond acceptors (Lipinski definition) is 5. The highest BCUT2D eigenvalue weighted by atomic mass is 16.5. The van der Waals surface area contributed by atoms with E-state index in [-0.39, 0.29) is 12.5 Å². The van der Waals surface area contributed by atoms with Crippen molar-refractivity contribution in [3.05, 3.63) is 71.8 Å². The van der Waals surface area contributed by atoms with Crippen LogP contribution in [-0.2, 0) is 19.1 Å². The zero-order valence-electron chi connectivity index (χ0n) is 17.7. The average Bonchev–Trinajstić information content (AvgIpc) is 2.78. The van der Waals surface area contributed by atoms with Crippen LogP contribution in [0.15, 0.2) is 60.7 Å². The number of urea groups is 1. The zero-order chi connectivity index (χ0) is 22.1. The highest BCUT2D eigenvalue weighted by Gasteiger charge is 2.37. The van der Waals surface area contributed by atoms with Crippen LogP contribution in [-0.4, -0.2) is 43.1 Å². The predicted octanol–water partition coefficient (Wildman–Crippen LogP) is 3.63. The summed E-state index contributed by atoms with van der Waals surface area (Å²) in [6.45, 7) is 3.65. The Bertz CT molecular complexity index is 841. The SMILES string of the molecule is COC(=O)CC(C(=O)OC)N(C(=O)N[C@@H](C)c1ccccc1)[C@@H](C)c1ccccc1. The van der Waals surface area contributed by atoms with Crippen LogP contribution >= 0.6 is 0 Å². The Balaban J connectivity index is 2.38. The van der Waals surface area contributed by atoms with Crippen molar-refractivity contribution in [2.24, 2.45) is 0 Å². The van der Waals surface area contributed by atoms with Gasteiger partial charge in [-0.15, -0.1) is 0 Å². The third-order valence-electron chi connectivity index (χ3n) is 4.97. The van der Waals surface area contributed by atoms with Gasteiger partial charge in [-0.3, -0.25) is 4.79 Å². The van der Waals surface area contributed by atoms with Crippen molar-refractivity contribution in [2.45, 2.75) is 38.4 Å². The third-order valence-corrected chi connectivity index (χ3v) is 4.97. The van der Waals surface area contributed by atoms with Crippen LogP contribution in [0, 0.1) is 0 Å². The van der Waals surface area contributed by atoms with Gasteiger partial charge in [-0.05, 0) is 25.0 Å². The number of ether oxygens (including phenoxy) is 2. The van der Waals surface area contributed by atoms with Crippen LogP contribution in [0.4, 0.5) is 4.79 Å². The summed E-state index contributed by atoms with van der Waals surface area (Å²) in [6, 6.07) is 16.3. The first-order chi connectivity index (χ1) is 14.4. The topological polar surface area (TPSA) is 84.9 Å². The van der Waals surface area contributed by atoms with Gasteiger partial charge in [0.2, 0.25) is 0 Å². The maximum Gasteiger partial charge on any atom is 0.329 e. The largest absolute Gasteiger partial charge is 0.469 e. The maximum atomic E-state index is 13.3. The summed E-state index contributed by atoms with van der Waals surface area (Å²) < 4.78 is 9.63. The standard InChI is InChI=1S/C23H28N2O5/c1-16(18-11-7-5-8-12-18)24-23(28)25(17(2)19-13-9-6-10-14-19)20(22(27)30-4)15-21(26)29-3/h5-14,16-17,20H,15H2,1-4H3,(H,24,28)/t16-,17-,20?/m0/s1. The number of carbonyl (C=O) groups is 3. The lowest BCUT2D eigenvalue weighted by Crippen LogP contribution is -2.52. The Kier molecular flexibility index (Phi) is 8.41. The van der Waals surface area contributed by atoms with Crippen molar-refractivity contribution in [1.82, 2.24) is 10.2 Å². The van der Waals surface area contributed by atoms with Gasteiger partial charge in [-0.1, -0.05) is 60.7 Å². The van der Waals surface area contributed by atoms with Crippen molar-refractivity contribution in [2.75, 3.05) is 14.2 Å². The van der Waals surface area contributed by atoms with Crippen molar-refractivity contribution in [3.8, 4) is 0 Å². The number of nitrogens with one attached hydrogen (secondary N) is 1.